The maximum absolute atomic E-state index is 5.85. The second-order valence-corrected chi connectivity index (χ2v) is 4.80. The summed E-state index contributed by atoms with van der Waals surface area (Å²) in [5.74, 6) is 0. The number of anilines is 2. The molecule has 1 aliphatic rings. The van der Waals surface area contributed by atoms with Crippen LogP contribution in [0.2, 0.25) is 0 Å². The van der Waals surface area contributed by atoms with Gasteiger partial charge in [-0.05, 0) is 37.1 Å². The molecular weight excluding hydrogens is 226 g/mol. The van der Waals surface area contributed by atoms with Crippen molar-refractivity contribution in [3.63, 3.8) is 0 Å². The summed E-state index contributed by atoms with van der Waals surface area (Å²) in [5, 5.41) is 4.22. The molecule has 1 aromatic carbocycles. The van der Waals surface area contributed by atoms with Crippen LogP contribution in [0.5, 0.6) is 0 Å². The third kappa shape index (κ3) is 1.92. The summed E-state index contributed by atoms with van der Waals surface area (Å²) in [7, 11) is 0. The summed E-state index contributed by atoms with van der Waals surface area (Å²) in [5.41, 5.74) is 9.08. The van der Waals surface area contributed by atoms with Gasteiger partial charge in [0, 0.05) is 24.5 Å². The molecule has 0 spiro atoms. The van der Waals surface area contributed by atoms with Gasteiger partial charge in [-0.25, -0.2) is 9.67 Å². The van der Waals surface area contributed by atoms with Gasteiger partial charge in [0.05, 0.1) is 6.04 Å². The van der Waals surface area contributed by atoms with Crippen LogP contribution in [0.3, 0.4) is 0 Å². The minimum atomic E-state index is 0.422. The molecule has 18 heavy (non-hydrogen) atoms. The smallest absolute Gasteiger partial charge is 0.137 e. The van der Waals surface area contributed by atoms with Gasteiger partial charge in [0.15, 0.2) is 0 Å². The lowest BCUT2D eigenvalue weighted by Crippen LogP contribution is -2.21. The van der Waals surface area contributed by atoms with Crippen molar-refractivity contribution < 1.29 is 0 Å². The Morgan fingerprint density at radius 3 is 3.00 bits per heavy atom. The van der Waals surface area contributed by atoms with Gasteiger partial charge in [0.2, 0.25) is 0 Å². The fourth-order valence-corrected chi connectivity index (χ4v) is 2.45. The van der Waals surface area contributed by atoms with E-state index < -0.39 is 0 Å². The molecule has 3 rings (SSSR count). The van der Waals surface area contributed by atoms with Gasteiger partial charge < -0.3 is 10.6 Å². The van der Waals surface area contributed by atoms with Gasteiger partial charge in [-0.15, -0.1) is 0 Å². The van der Waals surface area contributed by atoms with Crippen molar-refractivity contribution in [2.45, 2.75) is 19.4 Å². The number of rotatable bonds is 2. The quantitative estimate of drug-likeness (QED) is 0.814. The summed E-state index contributed by atoms with van der Waals surface area (Å²) in [6.45, 7) is 4.07. The summed E-state index contributed by atoms with van der Waals surface area (Å²) in [4.78, 5) is 6.38. The summed E-state index contributed by atoms with van der Waals surface area (Å²) in [6.07, 6.45) is 4.49. The monoisotopic (exact) mass is 243 g/mol. The van der Waals surface area contributed by atoms with E-state index in [1.165, 1.54) is 5.69 Å². The van der Waals surface area contributed by atoms with E-state index in [-0.39, 0.29) is 0 Å². The van der Waals surface area contributed by atoms with E-state index in [2.05, 4.69) is 27.1 Å². The van der Waals surface area contributed by atoms with E-state index in [9.17, 15) is 0 Å². The van der Waals surface area contributed by atoms with Crippen molar-refractivity contribution in [2.75, 3.05) is 23.7 Å². The van der Waals surface area contributed by atoms with Gasteiger partial charge in [-0.2, -0.15) is 5.10 Å². The Morgan fingerprint density at radius 2 is 2.28 bits per heavy atom. The Labute approximate surface area is 106 Å². The second kappa shape index (κ2) is 4.33. The molecule has 1 fully saturated rings. The molecule has 94 valence electrons. The summed E-state index contributed by atoms with van der Waals surface area (Å²) >= 11 is 0. The molecule has 0 saturated carbocycles. The van der Waals surface area contributed by atoms with Crippen molar-refractivity contribution in [2.24, 2.45) is 0 Å². The molecule has 0 bridgehead atoms. The number of nitrogens with two attached hydrogens (primary N) is 1. The van der Waals surface area contributed by atoms with E-state index in [1.807, 2.05) is 17.7 Å². The number of nitrogens with zero attached hydrogens (tertiary/aromatic N) is 4. The van der Waals surface area contributed by atoms with E-state index in [0.29, 0.717) is 6.04 Å². The van der Waals surface area contributed by atoms with Crippen LogP contribution < -0.4 is 10.6 Å². The van der Waals surface area contributed by atoms with Crippen molar-refractivity contribution in [3.8, 4) is 0 Å². The van der Waals surface area contributed by atoms with Gasteiger partial charge in [-0.3, -0.25) is 0 Å². The molecular formula is C13H17N5. The lowest BCUT2D eigenvalue weighted by molar-refractivity contribution is 0.493. The van der Waals surface area contributed by atoms with E-state index in [0.717, 1.165) is 30.8 Å². The first-order chi connectivity index (χ1) is 8.74. The number of aromatic nitrogens is 3. The first kappa shape index (κ1) is 11.1. The van der Waals surface area contributed by atoms with E-state index >= 15 is 0 Å². The topological polar surface area (TPSA) is 60.0 Å². The van der Waals surface area contributed by atoms with Gasteiger partial charge in [-0.1, -0.05) is 0 Å². The molecule has 5 nitrogen and oxygen atoms in total. The SMILES string of the molecule is Cc1cc(N2CCC(n3cncn3)C2)ccc1N. The second-order valence-electron chi connectivity index (χ2n) is 4.80. The largest absolute Gasteiger partial charge is 0.399 e. The van der Waals surface area contributed by atoms with Crippen LogP contribution in [0, 0.1) is 6.92 Å². The standard InChI is InChI=1S/C13H17N5/c1-10-6-11(2-3-13(10)14)17-5-4-12(7-17)18-9-15-8-16-18/h2-3,6,8-9,12H,4-5,7,14H2,1H3. The molecule has 0 radical (unpaired) electrons. The van der Waals surface area contributed by atoms with Crippen LogP contribution in [0.1, 0.15) is 18.0 Å². The molecule has 1 saturated heterocycles. The van der Waals surface area contributed by atoms with Crippen LogP contribution in [-0.4, -0.2) is 27.9 Å². The fraction of sp³-hybridized carbons (Fsp3) is 0.385. The molecule has 0 amide bonds. The summed E-state index contributed by atoms with van der Waals surface area (Å²) in [6, 6.07) is 6.64. The molecule has 1 aliphatic heterocycles. The highest BCUT2D eigenvalue weighted by molar-refractivity contribution is 5.58. The molecule has 2 heterocycles. The van der Waals surface area contributed by atoms with Crippen molar-refractivity contribution in [3.05, 3.63) is 36.4 Å². The molecule has 1 atom stereocenters. The Balaban J connectivity index is 1.77. The number of hydrogen-bond donors (Lipinski definition) is 1. The zero-order valence-corrected chi connectivity index (χ0v) is 10.5. The van der Waals surface area contributed by atoms with Crippen LogP contribution >= 0.6 is 0 Å². The first-order valence-electron chi connectivity index (χ1n) is 6.19. The van der Waals surface area contributed by atoms with Gasteiger partial charge in [0.25, 0.3) is 0 Å². The van der Waals surface area contributed by atoms with Crippen LogP contribution in [0.4, 0.5) is 11.4 Å². The van der Waals surface area contributed by atoms with Crippen LogP contribution in [-0.2, 0) is 0 Å². The Morgan fingerprint density at radius 1 is 1.39 bits per heavy atom. The van der Waals surface area contributed by atoms with E-state index in [4.69, 9.17) is 5.73 Å². The average Bonchev–Trinajstić information content (AvgIpc) is 3.01. The minimum Gasteiger partial charge on any atom is -0.399 e. The predicted molar refractivity (Wildman–Crippen MR) is 71.5 cm³/mol. The number of hydrogen-bond acceptors (Lipinski definition) is 4. The Hall–Kier alpha value is -2.04. The molecule has 2 aromatic rings. The molecule has 2 N–H and O–H groups in total. The molecule has 1 unspecified atom stereocenters. The van der Waals surface area contributed by atoms with Gasteiger partial charge >= 0.3 is 0 Å². The zero-order valence-electron chi connectivity index (χ0n) is 10.5. The number of nitrogen functional groups attached to an aromatic ring is 1. The highest BCUT2D eigenvalue weighted by atomic mass is 15.4. The predicted octanol–water partition coefficient (Wildman–Crippen LogP) is 1.62. The molecule has 1 aromatic heterocycles. The Bertz CT molecular complexity index is 534. The Kier molecular flexibility index (Phi) is 2.66. The van der Waals surface area contributed by atoms with Crippen LogP contribution in [0.25, 0.3) is 0 Å². The van der Waals surface area contributed by atoms with Gasteiger partial charge in [0.1, 0.15) is 12.7 Å². The highest BCUT2D eigenvalue weighted by Gasteiger charge is 2.24. The van der Waals surface area contributed by atoms with Crippen molar-refractivity contribution in [1.29, 1.82) is 0 Å². The zero-order chi connectivity index (χ0) is 12.5. The summed E-state index contributed by atoms with van der Waals surface area (Å²) < 4.78 is 1.95. The lowest BCUT2D eigenvalue weighted by Gasteiger charge is -2.19. The highest BCUT2D eigenvalue weighted by Crippen LogP contribution is 2.28. The first-order valence-corrected chi connectivity index (χ1v) is 6.19. The van der Waals surface area contributed by atoms with Crippen molar-refractivity contribution in [1.82, 2.24) is 14.8 Å². The molecule has 0 aliphatic carbocycles. The van der Waals surface area contributed by atoms with E-state index in [1.54, 1.807) is 12.7 Å². The number of benzene rings is 1. The third-order valence-electron chi connectivity index (χ3n) is 3.59. The average molecular weight is 243 g/mol. The fourth-order valence-electron chi connectivity index (χ4n) is 2.45. The van der Waals surface area contributed by atoms with Crippen molar-refractivity contribution >= 4 is 11.4 Å². The molecule has 5 heteroatoms. The third-order valence-corrected chi connectivity index (χ3v) is 3.59. The normalized spacial score (nSPS) is 19.4. The van der Waals surface area contributed by atoms with Crippen LogP contribution in [0.15, 0.2) is 30.9 Å². The minimum absolute atomic E-state index is 0.422. The number of aryl methyl sites for hydroxylation is 1. The maximum atomic E-state index is 5.85. The lowest BCUT2D eigenvalue weighted by atomic mass is 10.2. The maximum Gasteiger partial charge on any atom is 0.137 e.